The molecule has 1 saturated heterocycles. The van der Waals surface area contributed by atoms with E-state index in [1.54, 1.807) is 26.0 Å². The summed E-state index contributed by atoms with van der Waals surface area (Å²) in [5.41, 5.74) is -0.644. The Balaban J connectivity index is 2.16. The van der Waals surface area contributed by atoms with Crippen molar-refractivity contribution in [1.29, 1.82) is 0 Å². The van der Waals surface area contributed by atoms with Gasteiger partial charge in [0.25, 0.3) is 5.91 Å². The van der Waals surface area contributed by atoms with Crippen LogP contribution in [-0.4, -0.2) is 56.2 Å². The number of carbonyl (C=O) groups is 3. The van der Waals surface area contributed by atoms with Gasteiger partial charge in [-0.15, -0.1) is 0 Å². The quantitative estimate of drug-likeness (QED) is 0.740. The zero-order valence-electron chi connectivity index (χ0n) is 14.8. The van der Waals surface area contributed by atoms with Gasteiger partial charge in [0.05, 0.1) is 21.3 Å². The Labute approximate surface area is 145 Å². The average molecular weight is 351 g/mol. The van der Waals surface area contributed by atoms with Crippen LogP contribution in [0, 0.1) is 0 Å². The summed E-state index contributed by atoms with van der Waals surface area (Å²) in [6.07, 6.45) is 0. The van der Waals surface area contributed by atoms with Crippen molar-refractivity contribution in [3.05, 3.63) is 12.1 Å². The van der Waals surface area contributed by atoms with Crippen molar-refractivity contribution in [2.45, 2.75) is 19.4 Å². The number of methoxy groups -OCH3 is 3. The topological polar surface area (TPSA) is 106 Å². The number of ether oxygens (including phenoxy) is 3. The van der Waals surface area contributed by atoms with Crippen LogP contribution in [0.1, 0.15) is 13.8 Å². The van der Waals surface area contributed by atoms with Crippen LogP contribution >= 0.6 is 0 Å². The van der Waals surface area contributed by atoms with Crippen LogP contribution in [0.15, 0.2) is 12.1 Å². The lowest BCUT2D eigenvalue weighted by atomic mass is 10.1. The first kappa shape index (κ1) is 18.4. The van der Waals surface area contributed by atoms with Gasteiger partial charge in [-0.1, -0.05) is 0 Å². The Morgan fingerprint density at radius 3 is 2.08 bits per heavy atom. The van der Waals surface area contributed by atoms with Crippen molar-refractivity contribution < 1.29 is 28.6 Å². The molecule has 0 aliphatic carbocycles. The maximum absolute atomic E-state index is 12.2. The summed E-state index contributed by atoms with van der Waals surface area (Å²) in [6.45, 7) is 2.75. The number of carbonyl (C=O) groups excluding carboxylic acids is 3. The van der Waals surface area contributed by atoms with Crippen LogP contribution in [-0.2, 0) is 9.59 Å². The van der Waals surface area contributed by atoms with E-state index in [0.29, 0.717) is 22.9 Å². The molecule has 2 rings (SSSR count). The third kappa shape index (κ3) is 3.59. The van der Waals surface area contributed by atoms with Gasteiger partial charge in [0.2, 0.25) is 11.7 Å². The van der Waals surface area contributed by atoms with Crippen LogP contribution < -0.4 is 24.8 Å². The van der Waals surface area contributed by atoms with Crippen LogP contribution in [0.4, 0.5) is 10.5 Å². The molecule has 0 spiro atoms. The number of imide groups is 1. The maximum atomic E-state index is 12.2. The first-order valence-corrected chi connectivity index (χ1v) is 7.47. The van der Waals surface area contributed by atoms with Crippen LogP contribution in [0.5, 0.6) is 17.2 Å². The third-order valence-electron chi connectivity index (χ3n) is 3.69. The minimum Gasteiger partial charge on any atom is -0.493 e. The van der Waals surface area contributed by atoms with E-state index < -0.39 is 29.9 Å². The Morgan fingerprint density at radius 1 is 1.12 bits per heavy atom. The van der Waals surface area contributed by atoms with Crippen molar-refractivity contribution in [3.8, 4) is 17.2 Å². The second kappa shape index (κ2) is 6.88. The maximum Gasteiger partial charge on any atom is 0.325 e. The van der Waals surface area contributed by atoms with Gasteiger partial charge < -0.3 is 24.8 Å². The minimum atomic E-state index is -1.02. The molecular formula is C16H21N3O6. The number of anilines is 1. The zero-order chi connectivity index (χ0) is 18.8. The van der Waals surface area contributed by atoms with Gasteiger partial charge in [0, 0.05) is 17.8 Å². The van der Waals surface area contributed by atoms with E-state index in [1.165, 1.54) is 21.3 Å². The summed E-state index contributed by atoms with van der Waals surface area (Å²) in [6, 6.07) is 2.50. The Morgan fingerprint density at radius 2 is 1.68 bits per heavy atom. The van der Waals surface area contributed by atoms with Crippen molar-refractivity contribution in [3.63, 3.8) is 0 Å². The molecule has 1 aliphatic heterocycles. The highest BCUT2D eigenvalue weighted by Crippen LogP contribution is 2.39. The number of rotatable bonds is 6. The predicted molar refractivity (Wildman–Crippen MR) is 89.1 cm³/mol. The molecule has 25 heavy (non-hydrogen) atoms. The summed E-state index contributed by atoms with van der Waals surface area (Å²) in [7, 11) is 4.38. The second-order valence-corrected chi connectivity index (χ2v) is 5.91. The van der Waals surface area contributed by atoms with Gasteiger partial charge >= 0.3 is 6.03 Å². The number of hydrogen-bond donors (Lipinski definition) is 2. The highest BCUT2D eigenvalue weighted by molar-refractivity contribution is 6.09. The summed E-state index contributed by atoms with van der Waals surface area (Å²) < 4.78 is 15.6. The Kier molecular flexibility index (Phi) is 5.05. The average Bonchev–Trinajstić information content (AvgIpc) is 2.75. The van der Waals surface area contributed by atoms with Gasteiger partial charge in [0.1, 0.15) is 12.1 Å². The van der Waals surface area contributed by atoms with E-state index in [4.69, 9.17) is 14.2 Å². The molecule has 1 aromatic rings. The molecule has 0 bridgehead atoms. The number of hydrogen-bond acceptors (Lipinski definition) is 6. The Bertz CT molecular complexity index is 691. The lowest BCUT2D eigenvalue weighted by Crippen LogP contribution is -2.41. The molecule has 1 aliphatic rings. The van der Waals surface area contributed by atoms with Crippen molar-refractivity contribution >= 4 is 23.5 Å². The number of nitrogens with one attached hydrogen (secondary N) is 2. The predicted octanol–water partition coefficient (Wildman–Crippen LogP) is 0.981. The molecule has 0 aromatic heterocycles. The lowest BCUT2D eigenvalue weighted by Gasteiger charge is -2.17. The standard InChI is InChI=1S/C16H21N3O6/c1-16(2)14(21)19(15(22)18-16)8-12(20)17-9-6-10(23-3)13(25-5)11(7-9)24-4/h6-7H,8H2,1-5H3,(H,17,20)(H,18,22). The summed E-state index contributed by atoms with van der Waals surface area (Å²) >= 11 is 0. The van der Waals surface area contributed by atoms with Crippen molar-refractivity contribution in [2.24, 2.45) is 0 Å². The normalized spacial score (nSPS) is 15.6. The molecule has 0 radical (unpaired) electrons. The smallest absolute Gasteiger partial charge is 0.325 e. The summed E-state index contributed by atoms with van der Waals surface area (Å²) in [5.74, 6) is 0.133. The van der Waals surface area contributed by atoms with Gasteiger partial charge in [-0.25, -0.2) is 4.79 Å². The first-order valence-electron chi connectivity index (χ1n) is 7.47. The largest absolute Gasteiger partial charge is 0.493 e. The van der Waals surface area contributed by atoms with E-state index in [9.17, 15) is 14.4 Å². The van der Waals surface area contributed by atoms with Gasteiger partial charge in [-0.3, -0.25) is 14.5 Å². The first-order chi connectivity index (χ1) is 11.7. The number of nitrogens with zero attached hydrogens (tertiary/aromatic N) is 1. The highest BCUT2D eigenvalue weighted by Gasteiger charge is 2.44. The van der Waals surface area contributed by atoms with E-state index in [-0.39, 0.29) is 0 Å². The van der Waals surface area contributed by atoms with Gasteiger partial charge in [-0.05, 0) is 13.8 Å². The molecule has 0 saturated carbocycles. The molecule has 1 heterocycles. The van der Waals surface area contributed by atoms with Gasteiger partial charge in [0.15, 0.2) is 11.5 Å². The van der Waals surface area contributed by atoms with E-state index in [2.05, 4.69) is 10.6 Å². The van der Waals surface area contributed by atoms with Crippen LogP contribution in [0.3, 0.4) is 0 Å². The van der Waals surface area contributed by atoms with Crippen molar-refractivity contribution in [2.75, 3.05) is 33.2 Å². The number of urea groups is 1. The molecule has 1 aromatic carbocycles. The molecule has 0 atom stereocenters. The Hall–Kier alpha value is -2.97. The minimum absolute atomic E-state index is 0.369. The fourth-order valence-electron chi connectivity index (χ4n) is 2.46. The second-order valence-electron chi connectivity index (χ2n) is 5.91. The molecule has 1 fully saturated rings. The summed E-state index contributed by atoms with van der Waals surface area (Å²) in [4.78, 5) is 37.0. The molecule has 136 valence electrons. The zero-order valence-corrected chi connectivity index (χ0v) is 14.8. The third-order valence-corrected chi connectivity index (χ3v) is 3.69. The fraction of sp³-hybridized carbons (Fsp3) is 0.438. The molecular weight excluding hydrogens is 330 g/mol. The van der Waals surface area contributed by atoms with E-state index in [1.807, 2.05) is 0 Å². The van der Waals surface area contributed by atoms with Crippen molar-refractivity contribution in [1.82, 2.24) is 10.2 Å². The molecule has 4 amide bonds. The van der Waals surface area contributed by atoms with Crippen LogP contribution in [0.2, 0.25) is 0 Å². The monoisotopic (exact) mass is 351 g/mol. The summed E-state index contributed by atoms with van der Waals surface area (Å²) in [5, 5.41) is 5.12. The fourth-order valence-corrected chi connectivity index (χ4v) is 2.46. The van der Waals surface area contributed by atoms with E-state index in [0.717, 1.165) is 4.90 Å². The molecule has 0 unspecified atom stereocenters. The number of amides is 4. The number of benzene rings is 1. The highest BCUT2D eigenvalue weighted by atomic mass is 16.5. The van der Waals surface area contributed by atoms with E-state index >= 15 is 0 Å². The molecule has 2 N–H and O–H groups in total. The lowest BCUT2D eigenvalue weighted by molar-refractivity contribution is -0.132. The SMILES string of the molecule is COc1cc(NC(=O)CN2C(=O)NC(C)(C)C2=O)cc(OC)c1OC. The molecule has 9 heteroatoms. The van der Waals surface area contributed by atoms with Gasteiger partial charge in [-0.2, -0.15) is 0 Å². The van der Waals surface area contributed by atoms with Crippen LogP contribution in [0.25, 0.3) is 0 Å². The molecule has 9 nitrogen and oxygen atoms in total.